The van der Waals surface area contributed by atoms with Crippen LogP contribution in [-0.4, -0.2) is 12.5 Å². The summed E-state index contributed by atoms with van der Waals surface area (Å²) >= 11 is 5.88. The SMILES string of the molecule is Cc1cc(Cl)ccc1OCCCC(=O)NC(C#N)c1ccccc1F. The number of benzene rings is 2. The summed E-state index contributed by atoms with van der Waals surface area (Å²) in [7, 11) is 0. The standard InChI is InChI=1S/C19H18ClFN2O2/c1-13-11-14(20)8-9-18(13)25-10-4-7-19(24)23-17(12-22)15-5-2-3-6-16(15)21/h2-3,5-6,8-9,11,17H,4,7,10H2,1H3,(H,23,24). The largest absolute Gasteiger partial charge is 0.493 e. The van der Waals surface area contributed by atoms with Crippen molar-refractivity contribution in [3.63, 3.8) is 0 Å². The minimum Gasteiger partial charge on any atom is -0.493 e. The maximum Gasteiger partial charge on any atom is 0.221 e. The molecule has 0 aromatic heterocycles. The van der Waals surface area contributed by atoms with Gasteiger partial charge in [-0.3, -0.25) is 4.79 Å². The molecule has 1 unspecified atom stereocenters. The monoisotopic (exact) mass is 360 g/mol. The van der Waals surface area contributed by atoms with Crippen LogP contribution in [0.4, 0.5) is 4.39 Å². The summed E-state index contributed by atoms with van der Waals surface area (Å²) in [4.78, 5) is 12.0. The predicted octanol–water partition coefficient (Wildman–Crippen LogP) is 4.33. The second kappa shape index (κ2) is 9.05. The predicted molar refractivity (Wildman–Crippen MR) is 93.8 cm³/mol. The Labute approximate surface area is 151 Å². The molecule has 1 atom stereocenters. The zero-order chi connectivity index (χ0) is 18.2. The van der Waals surface area contributed by atoms with E-state index >= 15 is 0 Å². The molecule has 0 heterocycles. The molecule has 0 bridgehead atoms. The van der Waals surface area contributed by atoms with E-state index in [1.165, 1.54) is 18.2 Å². The summed E-state index contributed by atoms with van der Waals surface area (Å²) in [5.74, 6) is -0.131. The second-order valence-corrected chi connectivity index (χ2v) is 5.95. The highest BCUT2D eigenvalue weighted by molar-refractivity contribution is 6.30. The van der Waals surface area contributed by atoms with Crippen molar-refractivity contribution in [2.45, 2.75) is 25.8 Å². The van der Waals surface area contributed by atoms with E-state index in [4.69, 9.17) is 21.6 Å². The molecule has 1 N–H and O–H groups in total. The molecule has 130 valence electrons. The smallest absolute Gasteiger partial charge is 0.221 e. The molecule has 6 heteroatoms. The minimum absolute atomic E-state index is 0.159. The van der Waals surface area contributed by atoms with E-state index in [2.05, 4.69) is 5.32 Å². The first kappa shape index (κ1) is 18.8. The Morgan fingerprint density at radius 3 is 2.80 bits per heavy atom. The van der Waals surface area contributed by atoms with E-state index in [0.29, 0.717) is 23.8 Å². The molecule has 0 aliphatic carbocycles. The number of hydrogen-bond acceptors (Lipinski definition) is 3. The summed E-state index contributed by atoms with van der Waals surface area (Å²) in [6, 6.07) is 12.1. The third-order valence-electron chi connectivity index (χ3n) is 3.59. The molecule has 4 nitrogen and oxygen atoms in total. The van der Waals surface area contributed by atoms with Crippen molar-refractivity contribution >= 4 is 17.5 Å². The quantitative estimate of drug-likeness (QED) is 0.747. The molecular formula is C19H18ClFN2O2. The topological polar surface area (TPSA) is 62.1 Å². The Bertz CT molecular complexity index is 789. The molecule has 0 saturated carbocycles. The van der Waals surface area contributed by atoms with E-state index in [0.717, 1.165) is 5.56 Å². The van der Waals surface area contributed by atoms with Gasteiger partial charge in [0.1, 0.15) is 17.6 Å². The van der Waals surface area contributed by atoms with Crippen LogP contribution in [0.2, 0.25) is 5.02 Å². The number of nitrogens with zero attached hydrogens (tertiary/aromatic N) is 1. The van der Waals surface area contributed by atoms with Crippen LogP contribution in [0, 0.1) is 24.1 Å². The Hall–Kier alpha value is -2.58. The van der Waals surface area contributed by atoms with Gasteiger partial charge in [0, 0.05) is 17.0 Å². The van der Waals surface area contributed by atoms with Crippen molar-refractivity contribution in [2.24, 2.45) is 0 Å². The first-order valence-electron chi connectivity index (χ1n) is 7.83. The molecule has 0 aliphatic rings. The molecule has 2 aromatic carbocycles. The summed E-state index contributed by atoms with van der Waals surface area (Å²) in [6.07, 6.45) is 0.655. The molecule has 0 aliphatic heterocycles. The number of carbonyl (C=O) groups excluding carboxylic acids is 1. The second-order valence-electron chi connectivity index (χ2n) is 5.51. The maximum absolute atomic E-state index is 13.7. The van der Waals surface area contributed by atoms with E-state index in [9.17, 15) is 9.18 Å². The van der Waals surface area contributed by atoms with Crippen molar-refractivity contribution in [1.29, 1.82) is 5.26 Å². The number of nitriles is 1. The van der Waals surface area contributed by atoms with Gasteiger partial charge in [0.15, 0.2) is 0 Å². The van der Waals surface area contributed by atoms with Crippen molar-refractivity contribution in [3.05, 3.63) is 64.4 Å². The third kappa shape index (κ3) is 5.47. The molecule has 1 amide bonds. The lowest BCUT2D eigenvalue weighted by atomic mass is 10.1. The van der Waals surface area contributed by atoms with Crippen molar-refractivity contribution in [2.75, 3.05) is 6.61 Å². The van der Waals surface area contributed by atoms with E-state index in [1.54, 1.807) is 24.3 Å². The number of amides is 1. The lowest BCUT2D eigenvalue weighted by Crippen LogP contribution is -2.28. The lowest BCUT2D eigenvalue weighted by molar-refractivity contribution is -0.121. The highest BCUT2D eigenvalue weighted by Gasteiger charge is 2.17. The average molecular weight is 361 g/mol. The summed E-state index contributed by atoms with van der Waals surface area (Å²) < 4.78 is 19.3. The Morgan fingerprint density at radius 1 is 1.36 bits per heavy atom. The van der Waals surface area contributed by atoms with Crippen LogP contribution in [0.3, 0.4) is 0 Å². The number of rotatable bonds is 7. The molecular weight excluding hydrogens is 343 g/mol. The van der Waals surface area contributed by atoms with Gasteiger partial charge in [-0.15, -0.1) is 0 Å². The van der Waals surface area contributed by atoms with Crippen LogP contribution in [-0.2, 0) is 4.79 Å². The molecule has 0 saturated heterocycles. The Kier molecular flexibility index (Phi) is 6.79. The third-order valence-corrected chi connectivity index (χ3v) is 3.83. The van der Waals surface area contributed by atoms with Crippen LogP contribution < -0.4 is 10.1 Å². The fraction of sp³-hybridized carbons (Fsp3) is 0.263. The summed E-state index contributed by atoms with van der Waals surface area (Å²) in [6.45, 7) is 2.24. The molecule has 0 fully saturated rings. The lowest BCUT2D eigenvalue weighted by Gasteiger charge is -2.13. The normalized spacial score (nSPS) is 11.4. The number of halogens is 2. The van der Waals surface area contributed by atoms with Gasteiger partial charge >= 0.3 is 0 Å². The minimum atomic E-state index is -1.01. The molecule has 25 heavy (non-hydrogen) atoms. The number of aryl methyl sites for hydroxylation is 1. The van der Waals surface area contributed by atoms with Gasteiger partial charge in [-0.2, -0.15) is 5.26 Å². The number of hydrogen-bond donors (Lipinski definition) is 1. The first-order valence-corrected chi connectivity index (χ1v) is 8.21. The number of nitrogens with one attached hydrogen (secondary N) is 1. The van der Waals surface area contributed by atoms with Crippen LogP contribution in [0.25, 0.3) is 0 Å². The van der Waals surface area contributed by atoms with Crippen LogP contribution in [0.1, 0.15) is 30.0 Å². The summed E-state index contributed by atoms with van der Waals surface area (Å²) in [5.41, 5.74) is 1.08. The van der Waals surface area contributed by atoms with Gasteiger partial charge < -0.3 is 10.1 Å². The molecule has 0 spiro atoms. The fourth-order valence-electron chi connectivity index (χ4n) is 2.31. The van der Waals surface area contributed by atoms with Crippen molar-refractivity contribution < 1.29 is 13.9 Å². The Morgan fingerprint density at radius 2 is 2.12 bits per heavy atom. The van der Waals surface area contributed by atoms with E-state index in [1.807, 2.05) is 13.0 Å². The van der Waals surface area contributed by atoms with E-state index in [-0.39, 0.29) is 17.9 Å². The van der Waals surface area contributed by atoms with Gasteiger partial charge in [-0.05, 0) is 43.2 Å². The average Bonchev–Trinajstić information content (AvgIpc) is 2.59. The Balaban J connectivity index is 1.80. The fourth-order valence-corrected chi connectivity index (χ4v) is 2.54. The van der Waals surface area contributed by atoms with Crippen LogP contribution in [0.5, 0.6) is 5.75 Å². The highest BCUT2D eigenvalue weighted by Crippen LogP contribution is 2.22. The van der Waals surface area contributed by atoms with E-state index < -0.39 is 11.9 Å². The zero-order valence-corrected chi connectivity index (χ0v) is 14.5. The van der Waals surface area contributed by atoms with Gasteiger partial charge in [-0.25, -0.2) is 4.39 Å². The number of carbonyl (C=O) groups is 1. The maximum atomic E-state index is 13.7. The molecule has 0 radical (unpaired) electrons. The zero-order valence-electron chi connectivity index (χ0n) is 13.8. The van der Waals surface area contributed by atoms with Gasteiger partial charge in [0.2, 0.25) is 5.91 Å². The van der Waals surface area contributed by atoms with Crippen molar-refractivity contribution in [3.8, 4) is 11.8 Å². The summed E-state index contributed by atoms with van der Waals surface area (Å²) in [5, 5.41) is 12.3. The van der Waals surface area contributed by atoms with Gasteiger partial charge in [0.05, 0.1) is 12.7 Å². The van der Waals surface area contributed by atoms with Gasteiger partial charge in [0.25, 0.3) is 0 Å². The molecule has 2 aromatic rings. The first-order chi connectivity index (χ1) is 12.0. The number of ether oxygens (including phenoxy) is 1. The molecule has 2 rings (SSSR count). The van der Waals surface area contributed by atoms with Crippen LogP contribution >= 0.6 is 11.6 Å². The van der Waals surface area contributed by atoms with Crippen LogP contribution in [0.15, 0.2) is 42.5 Å². The highest BCUT2D eigenvalue weighted by atomic mass is 35.5. The van der Waals surface area contributed by atoms with Gasteiger partial charge in [-0.1, -0.05) is 29.8 Å². The van der Waals surface area contributed by atoms with Crippen molar-refractivity contribution in [1.82, 2.24) is 5.32 Å².